The summed E-state index contributed by atoms with van der Waals surface area (Å²) in [5.41, 5.74) is 0. The molecule has 1 nitrogen and oxygen atoms in total. The number of unbranched alkanes of at least 4 members (excludes halogenated alkanes) is 1. The smallest absolute Gasteiger partial charge is 0.0575 e. The van der Waals surface area contributed by atoms with E-state index in [9.17, 15) is 0 Å². The van der Waals surface area contributed by atoms with Crippen LogP contribution in [0.25, 0.3) is 0 Å². The van der Waals surface area contributed by atoms with Crippen molar-refractivity contribution in [1.82, 2.24) is 0 Å². The highest BCUT2D eigenvalue weighted by atomic mass is 16.5. The van der Waals surface area contributed by atoms with Gasteiger partial charge in [-0.1, -0.05) is 71.6 Å². The highest BCUT2D eigenvalue weighted by Crippen LogP contribution is 2.36. The summed E-state index contributed by atoms with van der Waals surface area (Å²) in [6, 6.07) is 0. The molecule has 0 aromatic heterocycles. The third-order valence-electron chi connectivity index (χ3n) is 6.29. The van der Waals surface area contributed by atoms with E-state index in [2.05, 4.69) is 13.8 Å². The van der Waals surface area contributed by atoms with Crippen molar-refractivity contribution in [3.8, 4) is 0 Å². The molecule has 0 aromatic rings. The highest BCUT2D eigenvalue weighted by molar-refractivity contribution is 4.77. The lowest BCUT2D eigenvalue weighted by Gasteiger charge is -2.32. The zero-order chi connectivity index (χ0) is 15.6. The Hall–Kier alpha value is -0.0400. The predicted molar refractivity (Wildman–Crippen MR) is 96.2 cm³/mol. The summed E-state index contributed by atoms with van der Waals surface area (Å²) in [6.45, 7) is 5.58. The normalized spacial score (nSPS) is 33.0. The Morgan fingerprint density at radius 1 is 0.636 bits per heavy atom. The first-order chi connectivity index (χ1) is 10.8. The Morgan fingerprint density at radius 3 is 1.64 bits per heavy atom. The van der Waals surface area contributed by atoms with Crippen molar-refractivity contribution in [3.05, 3.63) is 0 Å². The van der Waals surface area contributed by atoms with Crippen LogP contribution < -0.4 is 0 Å². The fraction of sp³-hybridized carbons (Fsp3) is 1.00. The molecule has 0 heterocycles. The largest absolute Gasteiger partial charge is 0.378 e. The molecule has 2 aliphatic carbocycles. The number of rotatable bonds is 9. The summed E-state index contributed by atoms with van der Waals surface area (Å²) in [5, 5.41) is 0. The minimum atomic E-state index is 0.590. The van der Waals surface area contributed by atoms with E-state index in [0.29, 0.717) is 6.10 Å². The van der Waals surface area contributed by atoms with Crippen LogP contribution in [0.15, 0.2) is 0 Å². The van der Waals surface area contributed by atoms with Gasteiger partial charge in [-0.05, 0) is 49.9 Å². The van der Waals surface area contributed by atoms with E-state index in [-0.39, 0.29) is 0 Å². The van der Waals surface area contributed by atoms with Gasteiger partial charge in [0.2, 0.25) is 0 Å². The quantitative estimate of drug-likeness (QED) is 0.428. The molecule has 0 saturated heterocycles. The number of hydrogen-bond acceptors (Lipinski definition) is 1. The average Bonchev–Trinajstić information content (AvgIpc) is 2.56. The topological polar surface area (TPSA) is 9.23 Å². The maximum Gasteiger partial charge on any atom is 0.0575 e. The average molecular weight is 309 g/mol. The summed E-state index contributed by atoms with van der Waals surface area (Å²) >= 11 is 0. The van der Waals surface area contributed by atoms with Crippen LogP contribution in [0.3, 0.4) is 0 Å². The molecule has 2 fully saturated rings. The van der Waals surface area contributed by atoms with Gasteiger partial charge in [-0.2, -0.15) is 0 Å². The fourth-order valence-electron chi connectivity index (χ4n) is 4.67. The van der Waals surface area contributed by atoms with Crippen molar-refractivity contribution in [1.29, 1.82) is 0 Å². The Morgan fingerprint density at radius 2 is 1.14 bits per heavy atom. The molecule has 0 N–H and O–H groups in total. The van der Waals surface area contributed by atoms with Crippen LogP contribution in [0.1, 0.15) is 104 Å². The van der Waals surface area contributed by atoms with E-state index in [4.69, 9.17) is 4.74 Å². The summed E-state index contributed by atoms with van der Waals surface area (Å²) in [4.78, 5) is 0. The minimum absolute atomic E-state index is 0.590. The standard InChI is InChI=1S/C21H40O/c1-3-5-17-22-21-15-13-20(14-16-21)12-11-19-9-7-18(6-4-2)8-10-19/h18-21H,3-17H2,1-2H3/t18-,19-,20-,21-. The first-order valence-electron chi connectivity index (χ1n) is 10.4. The molecule has 130 valence electrons. The monoisotopic (exact) mass is 308 g/mol. The van der Waals surface area contributed by atoms with Crippen molar-refractivity contribution in [3.63, 3.8) is 0 Å². The number of ether oxygens (including phenoxy) is 1. The van der Waals surface area contributed by atoms with Gasteiger partial charge in [-0.25, -0.2) is 0 Å². The van der Waals surface area contributed by atoms with E-state index in [1.54, 1.807) is 0 Å². The molecule has 0 spiro atoms. The molecule has 1 heteroatoms. The van der Waals surface area contributed by atoms with Crippen LogP contribution in [0, 0.1) is 17.8 Å². The van der Waals surface area contributed by atoms with Crippen LogP contribution >= 0.6 is 0 Å². The van der Waals surface area contributed by atoms with Crippen LogP contribution in [0.4, 0.5) is 0 Å². The molecule has 2 rings (SSSR count). The van der Waals surface area contributed by atoms with Gasteiger partial charge in [0.1, 0.15) is 0 Å². The maximum absolute atomic E-state index is 6.00. The molecule has 2 saturated carbocycles. The van der Waals surface area contributed by atoms with Crippen molar-refractivity contribution in [2.45, 2.75) is 110 Å². The van der Waals surface area contributed by atoms with E-state index in [0.717, 1.165) is 24.4 Å². The third-order valence-corrected chi connectivity index (χ3v) is 6.29. The van der Waals surface area contributed by atoms with Gasteiger partial charge in [0.15, 0.2) is 0 Å². The second-order valence-corrected chi connectivity index (χ2v) is 8.12. The Labute approximate surface area is 139 Å². The summed E-state index contributed by atoms with van der Waals surface area (Å²) in [6.07, 6.45) is 20.6. The lowest BCUT2D eigenvalue weighted by molar-refractivity contribution is 0.0150. The second kappa shape index (κ2) is 10.7. The predicted octanol–water partition coefficient (Wildman–Crippen LogP) is 6.75. The second-order valence-electron chi connectivity index (χ2n) is 8.12. The van der Waals surface area contributed by atoms with Gasteiger partial charge >= 0.3 is 0 Å². The highest BCUT2D eigenvalue weighted by Gasteiger charge is 2.24. The van der Waals surface area contributed by atoms with Gasteiger partial charge in [-0.15, -0.1) is 0 Å². The van der Waals surface area contributed by atoms with Gasteiger partial charge in [0, 0.05) is 6.61 Å². The zero-order valence-corrected chi connectivity index (χ0v) is 15.3. The van der Waals surface area contributed by atoms with E-state index in [1.165, 1.54) is 89.9 Å². The van der Waals surface area contributed by atoms with E-state index in [1.807, 2.05) is 0 Å². The van der Waals surface area contributed by atoms with Gasteiger partial charge < -0.3 is 4.74 Å². The molecule has 0 aromatic carbocycles. The summed E-state index contributed by atoms with van der Waals surface area (Å²) in [7, 11) is 0. The summed E-state index contributed by atoms with van der Waals surface area (Å²) in [5.74, 6) is 3.14. The van der Waals surface area contributed by atoms with Crippen LogP contribution in [-0.4, -0.2) is 12.7 Å². The van der Waals surface area contributed by atoms with Gasteiger partial charge in [0.25, 0.3) is 0 Å². The SMILES string of the molecule is CCCCO[C@H]1CC[C@H](CC[C@H]2CC[C@H](CCC)CC2)CC1. The van der Waals surface area contributed by atoms with Gasteiger partial charge in [0.05, 0.1) is 6.10 Å². The Bertz CT molecular complexity index is 259. The lowest BCUT2D eigenvalue weighted by Crippen LogP contribution is -2.23. The van der Waals surface area contributed by atoms with E-state index < -0.39 is 0 Å². The van der Waals surface area contributed by atoms with Crippen LogP contribution in [0.5, 0.6) is 0 Å². The van der Waals surface area contributed by atoms with Gasteiger partial charge in [-0.3, -0.25) is 0 Å². The first kappa shape index (κ1) is 18.3. The molecule has 2 aliphatic rings. The van der Waals surface area contributed by atoms with Crippen molar-refractivity contribution >= 4 is 0 Å². The number of hydrogen-bond donors (Lipinski definition) is 0. The molecule has 0 bridgehead atoms. The molecular formula is C21H40O. The lowest BCUT2D eigenvalue weighted by atomic mass is 9.76. The van der Waals surface area contributed by atoms with Crippen molar-refractivity contribution < 1.29 is 4.74 Å². The van der Waals surface area contributed by atoms with E-state index >= 15 is 0 Å². The first-order valence-corrected chi connectivity index (χ1v) is 10.4. The van der Waals surface area contributed by atoms with Crippen molar-refractivity contribution in [2.75, 3.05) is 6.61 Å². The summed E-state index contributed by atoms with van der Waals surface area (Å²) < 4.78 is 6.00. The maximum atomic E-state index is 6.00. The zero-order valence-electron chi connectivity index (χ0n) is 15.3. The Balaban J connectivity index is 1.52. The molecular weight excluding hydrogens is 268 g/mol. The Kier molecular flexibility index (Phi) is 8.89. The molecule has 0 aliphatic heterocycles. The van der Waals surface area contributed by atoms with Crippen LogP contribution in [0.2, 0.25) is 0 Å². The molecule has 0 radical (unpaired) electrons. The van der Waals surface area contributed by atoms with Crippen LogP contribution in [-0.2, 0) is 4.74 Å². The molecule has 0 unspecified atom stereocenters. The molecule has 0 atom stereocenters. The third kappa shape index (κ3) is 6.60. The van der Waals surface area contributed by atoms with Crippen molar-refractivity contribution in [2.24, 2.45) is 17.8 Å². The molecule has 0 amide bonds. The fourth-order valence-corrected chi connectivity index (χ4v) is 4.67. The molecule has 22 heavy (non-hydrogen) atoms. The minimum Gasteiger partial charge on any atom is -0.378 e.